The van der Waals surface area contributed by atoms with E-state index in [1.165, 1.54) is 0 Å². The van der Waals surface area contributed by atoms with E-state index < -0.39 is 10.0 Å². The zero-order valence-corrected chi connectivity index (χ0v) is 19.6. The number of nitrogens with one attached hydrogen (secondary N) is 2. The fourth-order valence-corrected chi connectivity index (χ4v) is 4.53. The standard InChI is InChI=1S/C22H27N7O3S/c1-15-12-16(2)29(26-15)21-10-9-20(24-25-21)28-11-5-6-17(14-28)22(30)23-18-7-4-8-19(13-18)27-33(3,31)32/h4,7-10,12-13,17,27H,5-6,11,14H2,1-3H3,(H,23,30). The fraction of sp³-hybridized carbons (Fsp3) is 0.364. The van der Waals surface area contributed by atoms with E-state index in [4.69, 9.17) is 0 Å². The number of carbonyl (C=O) groups excluding carboxylic acids is 1. The molecular weight excluding hydrogens is 442 g/mol. The second-order valence-corrected chi connectivity index (χ2v) is 10.1. The Kier molecular flexibility index (Phi) is 6.32. The third-order valence-corrected chi connectivity index (χ3v) is 6.02. The van der Waals surface area contributed by atoms with Gasteiger partial charge in [0.15, 0.2) is 11.6 Å². The summed E-state index contributed by atoms with van der Waals surface area (Å²) in [6.45, 7) is 5.23. The Morgan fingerprint density at radius 1 is 1.06 bits per heavy atom. The first-order valence-corrected chi connectivity index (χ1v) is 12.6. The van der Waals surface area contributed by atoms with E-state index in [0.29, 0.717) is 23.7 Å². The number of rotatable bonds is 6. The molecule has 0 spiro atoms. The number of aromatic nitrogens is 4. The molecule has 1 saturated heterocycles. The molecule has 1 aliphatic rings. The van der Waals surface area contributed by atoms with Gasteiger partial charge in [-0.3, -0.25) is 9.52 Å². The Morgan fingerprint density at radius 2 is 1.79 bits per heavy atom. The lowest BCUT2D eigenvalue weighted by atomic mass is 9.97. The van der Waals surface area contributed by atoms with Crippen LogP contribution in [-0.2, 0) is 14.8 Å². The van der Waals surface area contributed by atoms with Crippen LogP contribution in [-0.4, -0.2) is 53.6 Å². The highest BCUT2D eigenvalue weighted by Gasteiger charge is 2.27. The van der Waals surface area contributed by atoms with Gasteiger partial charge in [0.05, 0.1) is 23.6 Å². The predicted molar refractivity (Wildman–Crippen MR) is 127 cm³/mol. The van der Waals surface area contributed by atoms with Crippen LogP contribution < -0.4 is 14.9 Å². The fourth-order valence-electron chi connectivity index (χ4n) is 3.98. The third-order valence-electron chi connectivity index (χ3n) is 5.41. The Balaban J connectivity index is 1.41. The van der Waals surface area contributed by atoms with E-state index in [9.17, 15) is 13.2 Å². The monoisotopic (exact) mass is 469 g/mol. The van der Waals surface area contributed by atoms with Gasteiger partial charge in [0.25, 0.3) is 0 Å². The molecule has 2 N–H and O–H groups in total. The lowest BCUT2D eigenvalue weighted by Gasteiger charge is -2.32. The average Bonchev–Trinajstić information content (AvgIpc) is 3.11. The zero-order chi connectivity index (χ0) is 23.6. The smallest absolute Gasteiger partial charge is 0.229 e. The van der Waals surface area contributed by atoms with E-state index in [0.717, 1.165) is 42.8 Å². The van der Waals surface area contributed by atoms with Crippen LogP contribution in [0.2, 0.25) is 0 Å². The van der Waals surface area contributed by atoms with E-state index in [1.54, 1.807) is 28.9 Å². The summed E-state index contributed by atoms with van der Waals surface area (Å²) < 4.78 is 27.1. The number of hydrogen-bond acceptors (Lipinski definition) is 7. The van der Waals surface area contributed by atoms with Gasteiger partial charge in [0.2, 0.25) is 15.9 Å². The Hall–Kier alpha value is -3.47. The summed E-state index contributed by atoms with van der Waals surface area (Å²) in [6, 6.07) is 12.4. The van der Waals surface area contributed by atoms with Crippen molar-refractivity contribution in [2.24, 2.45) is 5.92 Å². The average molecular weight is 470 g/mol. The summed E-state index contributed by atoms with van der Waals surface area (Å²) >= 11 is 0. The molecule has 4 rings (SSSR count). The van der Waals surface area contributed by atoms with Crippen molar-refractivity contribution in [3.8, 4) is 5.82 Å². The van der Waals surface area contributed by atoms with Crippen molar-refractivity contribution in [2.45, 2.75) is 26.7 Å². The molecule has 1 aliphatic heterocycles. The van der Waals surface area contributed by atoms with Crippen molar-refractivity contribution < 1.29 is 13.2 Å². The first-order valence-electron chi connectivity index (χ1n) is 10.7. The van der Waals surface area contributed by atoms with Gasteiger partial charge in [-0.25, -0.2) is 13.1 Å². The molecule has 0 bridgehead atoms. The second kappa shape index (κ2) is 9.18. The number of sulfonamides is 1. The minimum Gasteiger partial charge on any atom is -0.354 e. The van der Waals surface area contributed by atoms with Crippen molar-refractivity contribution >= 4 is 33.1 Å². The maximum absolute atomic E-state index is 12.9. The topological polar surface area (TPSA) is 122 Å². The predicted octanol–water partition coefficient (Wildman–Crippen LogP) is 2.51. The van der Waals surface area contributed by atoms with E-state index in [1.807, 2.05) is 32.0 Å². The zero-order valence-electron chi connectivity index (χ0n) is 18.8. The molecule has 1 unspecified atom stereocenters. The third kappa shape index (κ3) is 5.67. The van der Waals surface area contributed by atoms with Crippen LogP contribution in [0.3, 0.4) is 0 Å². The first kappa shape index (κ1) is 22.7. The molecule has 3 heterocycles. The molecule has 0 saturated carbocycles. The van der Waals surface area contributed by atoms with Crippen LogP contribution >= 0.6 is 0 Å². The lowest BCUT2D eigenvalue weighted by molar-refractivity contribution is -0.120. The summed E-state index contributed by atoms with van der Waals surface area (Å²) in [6.07, 6.45) is 2.71. The summed E-state index contributed by atoms with van der Waals surface area (Å²) in [5.74, 6) is 1.04. The molecule has 33 heavy (non-hydrogen) atoms. The molecule has 0 aliphatic carbocycles. The number of anilines is 3. The largest absolute Gasteiger partial charge is 0.354 e. The Labute approximate surface area is 193 Å². The number of benzene rings is 1. The maximum Gasteiger partial charge on any atom is 0.229 e. The molecular formula is C22H27N7O3S. The Morgan fingerprint density at radius 3 is 2.45 bits per heavy atom. The van der Waals surface area contributed by atoms with Gasteiger partial charge in [0.1, 0.15) is 0 Å². The number of carbonyl (C=O) groups is 1. The molecule has 2 aromatic heterocycles. The van der Waals surface area contributed by atoms with Gasteiger partial charge in [-0.15, -0.1) is 10.2 Å². The van der Waals surface area contributed by atoms with E-state index >= 15 is 0 Å². The molecule has 1 aromatic carbocycles. The quantitative estimate of drug-likeness (QED) is 0.569. The van der Waals surface area contributed by atoms with Gasteiger partial charge in [-0.2, -0.15) is 5.10 Å². The van der Waals surface area contributed by atoms with Crippen LogP contribution in [0.4, 0.5) is 17.2 Å². The molecule has 1 fully saturated rings. The van der Waals surface area contributed by atoms with Gasteiger partial charge in [-0.1, -0.05) is 6.07 Å². The maximum atomic E-state index is 12.9. The molecule has 3 aromatic rings. The summed E-state index contributed by atoms with van der Waals surface area (Å²) in [4.78, 5) is 15.0. The van der Waals surface area contributed by atoms with Crippen molar-refractivity contribution in [1.82, 2.24) is 20.0 Å². The molecule has 1 atom stereocenters. The number of nitrogens with zero attached hydrogens (tertiary/aromatic N) is 5. The summed E-state index contributed by atoms with van der Waals surface area (Å²) in [5, 5.41) is 16.0. The van der Waals surface area contributed by atoms with Crippen molar-refractivity contribution in [1.29, 1.82) is 0 Å². The van der Waals surface area contributed by atoms with Gasteiger partial charge >= 0.3 is 0 Å². The van der Waals surface area contributed by atoms with Crippen LogP contribution in [0.1, 0.15) is 24.2 Å². The highest BCUT2D eigenvalue weighted by molar-refractivity contribution is 7.92. The van der Waals surface area contributed by atoms with Gasteiger partial charge in [0, 0.05) is 24.5 Å². The SMILES string of the molecule is Cc1cc(C)n(-c2ccc(N3CCCC(C(=O)Nc4cccc(NS(C)(=O)=O)c4)C3)nn2)n1. The van der Waals surface area contributed by atoms with Crippen LogP contribution in [0.25, 0.3) is 5.82 Å². The molecule has 0 radical (unpaired) electrons. The highest BCUT2D eigenvalue weighted by atomic mass is 32.2. The van der Waals surface area contributed by atoms with Gasteiger partial charge in [-0.05, 0) is 63.1 Å². The highest BCUT2D eigenvalue weighted by Crippen LogP contribution is 2.24. The number of amides is 1. The van der Waals surface area contributed by atoms with E-state index in [-0.39, 0.29) is 11.8 Å². The van der Waals surface area contributed by atoms with Gasteiger partial charge < -0.3 is 10.2 Å². The van der Waals surface area contributed by atoms with E-state index in [2.05, 4.69) is 30.2 Å². The first-order chi connectivity index (χ1) is 15.7. The van der Waals surface area contributed by atoms with Crippen LogP contribution in [0, 0.1) is 19.8 Å². The summed E-state index contributed by atoms with van der Waals surface area (Å²) in [7, 11) is -3.39. The number of piperidine rings is 1. The lowest BCUT2D eigenvalue weighted by Crippen LogP contribution is -2.41. The van der Waals surface area contributed by atoms with Crippen molar-refractivity contribution in [2.75, 3.05) is 34.3 Å². The Bertz CT molecular complexity index is 1260. The number of aryl methyl sites for hydroxylation is 2. The summed E-state index contributed by atoms with van der Waals surface area (Å²) in [5.41, 5.74) is 2.85. The second-order valence-electron chi connectivity index (χ2n) is 8.32. The molecule has 11 heteroatoms. The molecule has 1 amide bonds. The number of hydrogen-bond donors (Lipinski definition) is 2. The molecule has 174 valence electrons. The molecule has 10 nitrogen and oxygen atoms in total. The van der Waals surface area contributed by atoms with Crippen LogP contribution in [0.5, 0.6) is 0 Å². The van der Waals surface area contributed by atoms with Crippen molar-refractivity contribution in [3.05, 3.63) is 53.9 Å². The minimum absolute atomic E-state index is 0.108. The van der Waals surface area contributed by atoms with Crippen LogP contribution in [0.15, 0.2) is 42.5 Å². The minimum atomic E-state index is -3.39. The normalized spacial score (nSPS) is 16.5. The van der Waals surface area contributed by atoms with Crippen molar-refractivity contribution in [3.63, 3.8) is 0 Å².